The summed E-state index contributed by atoms with van der Waals surface area (Å²) in [5.74, 6) is 1.91. The molecule has 36 heavy (non-hydrogen) atoms. The summed E-state index contributed by atoms with van der Waals surface area (Å²) in [6.07, 6.45) is 0. The van der Waals surface area contributed by atoms with Crippen LogP contribution in [0.2, 0.25) is 0 Å². The molecule has 0 aliphatic heterocycles. The molecule has 0 radical (unpaired) electrons. The summed E-state index contributed by atoms with van der Waals surface area (Å²) in [5, 5.41) is 5.79. The van der Waals surface area contributed by atoms with Gasteiger partial charge in [0, 0.05) is 11.6 Å². The zero-order valence-corrected chi connectivity index (χ0v) is 21.5. The van der Waals surface area contributed by atoms with Crippen LogP contribution >= 0.6 is 12.2 Å². The van der Waals surface area contributed by atoms with Crippen LogP contribution in [-0.2, 0) is 0 Å². The fourth-order valence-corrected chi connectivity index (χ4v) is 3.88. The maximum atomic E-state index is 12.8. The number of oxazole rings is 1. The molecule has 0 saturated carbocycles. The highest BCUT2D eigenvalue weighted by atomic mass is 32.1. The summed E-state index contributed by atoms with van der Waals surface area (Å²) >= 11 is 5.40. The molecule has 0 fully saturated rings. The van der Waals surface area contributed by atoms with Crippen LogP contribution < -0.4 is 24.8 Å². The molecule has 1 aromatic heterocycles. The molecule has 4 rings (SSSR count). The standard InChI is InChI=1S/C27H27N3O5S/c1-15(2)16-6-11-23-21(12-16)28-26(35-23)17-7-10-22(33-4)20(13-17)29-27(36)30-25(31)19-9-8-18(32-3)14-24(19)34-5/h6-15H,1-5H3,(H2,29,30,31,36). The summed E-state index contributed by atoms with van der Waals surface area (Å²) in [6.45, 7) is 4.27. The number of hydrogen-bond acceptors (Lipinski definition) is 7. The third-order valence-electron chi connectivity index (χ3n) is 5.65. The first-order valence-corrected chi connectivity index (χ1v) is 11.7. The van der Waals surface area contributed by atoms with Crippen molar-refractivity contribution in [2.45, 2.75) is 19.8 Å². The van der Waals surface area contributed by atoms with Gasteiger partial charge >= 0.3 is 0 Å². The number of methoxy groups -OCH3 is 3. The van der Waals surface area contributed by atoms with E-state index in [0.29, 0.717) is 45.9 Å². The van der Waals surface area contributed by atoms with E-state index in [0.717, 1.165) is 11.1 Å². The van der Waals surface area contributed by atoms with E-state index < -0.39 is 5.91 Å². The number of rotatable bonds is 7. The van der Waals surface area contributed by atoms with E-state index >= 15 is 0 Å². The molecule has 2 N–H and O–H groups in total. The Hall–Kier alpha value is -4.11. The molecule has 186 valence electrons. The number of thiocarbonyl (C=S) groups is 1. The van der Waals surface area contributed by atoms with Gasteiger partial charge in [0.05, 0.1) is 32.6 Å². The van der Waals surface area contributed by atoms with Gasteiger partial charge in [-0.3, -0.25) is 10.1 Å². The minimum atomic E-state index is -0.429. The molecule has 0 spiro atoms. The van der Waals surface area contributed by atoms with Gasteiger partial charge < -0.3 is 23.9 Å². The van der Waals surface area contributed by atoms with E-state index in [-0.39, 0.29) is 5.11 Å². The first kappa shape index (κ1) is 25.0. The van der Waals surface area contributed by atoms with Crippen molar-refractivity contribution in [3.05, 3.63) is 65.7 Å². The van der Waals surface area contributed by atoms with Crippen molar-refractivity contribution < 1.29 is 23.4 Å². The lowest BCUT2D eigenvalue weighted by molar-refractivity contribution is 0.0974. The first-order valence-electron chi connectivity index (χ1n) is 11.3. The van der Waals surface area contributed by atoms with Gasteiger partial charge in [0.2, 0.25) is 5.89 Å². The lowest BCUT2D eigenvalue weighted by Gasteiger charge is -2.15. The fraction of sp³-hybridized carbons (Fsp3) is 0.222. The predicted octanol–water partition coefficient (Wildman–Crippen LogP) is 5.77. The van der Waals surface area contributed by atoms with E-state index in [4.69, 9.17) is 30.8 Å². The highest BCUT2D eigenvalue weighted by molar-refractivity contribution is 7.80. The molecule has 1 amide bonds. The van der Waals surface area contributed by atoms with Crippen molar-refractivity contribution in [1.82, 2.24) is 10.3 Å². The minimum absolute atomic E-state index is 0.0902. The molecule has 0 bridgehead atoms. The van der Waals surface area contributed by atoms with Crippen molar-refractivity contribution in [2.75, 3.05) is 26.6 Å². The van der Waals surface area contributed by atoms with Crippen LogP contribution in [0.1, 0.15) is 35.7 Å². The molecule has 0 aliphatic carbocycles. The number of benzene rings is 3. The molecule has 4 aromatic rings. The van der Waals surface area contributed by atoms with Crippen molar-refractivity contribution in [3.63, 3.8) is 0 Å². The Morgan fingerprint density at radius 1 is 0.944 bits per heavy atom. The van der Waals surface area contributed by atoms with Gasteiger partial charge in [-0.05, 0) is 66.2 Å². The summed E-state index contributed by atoms with van der Waals surface area (Å²) in [4.78, 5) is 17.5. The maximum absolute atomic E-state index is 12.8. The fourth-order valence-electron chi connectivity index (χ4n) is 3.68. The topological polar surface area (TPSA) is 94.9 Å². The second-order valence-corrected chi connectivity index (χ2v) is 8.70. The van der Waals surface area contributed by atoms with E-state index in [2.05, 4.69) is 29.5 Å². The van der Waals surface area contributed by atoms with Gasteiger partial charge in [-0.15, -0.1) is 0 Å². The Labute approximate surface area is 214 Å². The Morgan fingerprint density at radius 3 is 2.42 bits per heavy atom. The number of ether oxygens (including phenoxy) is 3. The summed E-state index contributed by atoms with van der Waals surface area (Å²) in [7, 11) is 4.57. The van der Waals surface area contributed by atoms with Gasteiger partial charge in [0.1, 0.15) is 22.8 Å². The summed E-state index contributed by atoms with van der Waals surface area (Å²) < 4.78 is 21.9. The van der Waals surface area contributed by atoms with Crippen LogP contribution in [0, 0.1) is 0 Å². The van der Waals surface area contributed by atoms with E-state index in [1.165, 1.54) is 12.7 Å². The highest BCUT2D eigenvalue weighted by Crippen LogP contribution is 2.33. The zero-order valence-electron chi connectivity index (χ0n) is 20.7. The average Bonchev–Trinajstić information content (AvgIpc) is 3.31. The van der Waals surface area contributed by atoms with Gasteiger partial charge in [-0.25, -0.2) is 4.98 Å². The SMILES string of the molecule is COc1ccc(C(=O)NC(=S)Nc2cc(-c3nc4cc(C(C)C)ccc4o3)ccc2OC)c(OC)c1. The van der Waals surface area contributed by atoms with Crippen LogP contribution in [0.25, 0.3) is 22.6 Å². The Bertz CT molecular complexity index is 1430. The van der Waals surface area contributed by atoms with Crippen molar-refractivity contribution >= 4 is 40.0 Å². The second kappa shape index (κ2) is 10.7. The molecule has 0 unspecified atom stereocenters. The number of nitrogens with zero attached hydrogens (tertiary/aromatic N) is 1. The number of anilines is 1. The Morgan fingerprint density at radius 2 is 1.72 bits per heavy atom. The van der Waals surface area contributed by atoms with Crippen LogP contribution in [0.5, 0.6) is 17.2 Å². The maximum Gasteiger partial charge on any atom is 0.261 e. The van der Waals surface area contributed by atoms with Crippen molar-refractivity contribution in [1.29, 1.82) is 0 Å². The second-order valence-electron chi connectivity index (χ2n) is 8.29. The van der Waals surface area contributed by atoms with E-state index in [1.54, 1.807) is 44.6 Å². The van der Waals surface area contributed by atoms with Gasteiger partial charge in [-0.2, -0.15) is 0 Å². The van der Waals surface area contributed by atoms with Gasteiger partial charge in [0.25, 0.3) is 5.91 Å². The number of nitrogens with one attached hydrogen (secondary N) is 2. The van der Waals surface area contributed by atoms with Crippen LogP contribution in [0.4, 0.5) is 5.69 Å². The molecule has 0 aliphatic rings. The molecule has 8 nitrogen and oxygen atoms in total. The number of carbonyl (C=O) groups excluding carboxylic acids is 1. The number of fused-ring (bicyclic) bond motifs is 1. The Kier molecular flexibility index (Phi) is 7.40. The number of aromatic nitrogens is 1. The summed E-state index contributed by atoms with van der Waals surface area (Å²) in [6, 6.07) is 16.4. The first-order chi connectivity index (χ1) is 17.3. The lowest BCUT2D eigenvalue weighted by atomic mass is 10.0. The number of hydrogen-bond donors (Lipinski definition) is 2. The lowest BCUT2D eigenvalue weighted by Crippen LogP contribution is -2.34. The van der Waals surface area contributed by atoms with Crippen LogP contribution in [0.3, 0.4) is 0 Å². The average molecular weight is 506 g/mol. The molecule has 9 heteroatoms. The Balaban J connectivity index is 1.56. The monoisotopic (exact) mass is 505 g/mol. The molecule has 1 heterocycles. The molecular weight excluding hydrogens is 478 g/mol. The smallest absolute Gasteiger partial charge is 0.261 e. The third kappa shape index (κ3) is 5.26. The van der Waals surface area contributed by atoms with E-state index in [1.807, 2.05) is 24.3 Å². The largest absolute Gasteiger partial charge is 0.497 e. The predicted molar refractivity (Wildman–Crippen MR) is 143 cm³/mol. The summed E-state index contributed by atoms with van der Waals surface area (Å²) in [5.41, 5.74) is 4.27. The molecule has 3 aromatic carbocycles. The highest BCUT2D eigenvalue weighted by Gasteiger charge is 2.17. The number of carbonyl (C=O) groups is 1. The number of amides is 1. The van der Waals surface area contributed by atoms with Crippen molar-refractivity contribution in [2.24, 2.45) is 0 Å². The minimum Gasteiger partial charge on any atom is -0.497 e. The van der Waals surface area contributed by atoms with Crippen LogP contribution in [-0.4, -0.2) is 37.3 Å². The van der Waals surface area contributed by atoms with E-state index in [9.17, 15) is 4.79 Å². The van der Waals surface area contributed by atoms with Gasteiger partial charge in [-0.1, -0.05) is 19.9 Å². The molecular formula is C27H27N3O5S. The zero-order chi connectivity index (χ0) is 25.8. The van der Waals surface area contributed by atoms with Crippen LogP contribution in [0.15, 0.2) is 59.0 Å². The molecule has 0 atom stereocenters. The quantitative estimate of drug-likeness (QED) is 0.306. The van der Waals surface area contributed by atoms with Crippen molar-refractivity contribution in [3.8, 4) is 28.7 Å². The normalized spacial score (nSPS) is 10.8. The van der Waals surface area contributed by atoms with Gasteiger partial charge in [0.15, 0.2) is 10.7 Å². The third-order valence-corrected chi connectivity index (χ3v) is 5.86. The molecule has 0 saturated heterocycles.